The van der Waals surface area contributed by atoms with Crippen LogP contribution in [0.15, 0.2) is 48.5 Å². The van der Waals surface area contributed by atoms with Gasteiger partial charge in [-0.1, -0.05) is 12.1 Å². The smallest absolute Gasteiger partial charge is 0.255 e. The van der Waals surface area contributed by atoms with Gasteiger partial charge in [-0.3, -0.25) is 9.59 Å². The highest BCUT2D eigenvalue weighted by atomic mass is 16.2. The number of hydrogen-bond acceptors (Lipinski definition) is 3. The molecule has 0 atom stereocenters. The topological polar surface area (TPSA) is 73.2 Å². The maximum atomic E-state index is 12.3. The largest absolute Gasteiger partial charge is 0.322 e. The summed E-state index contributed by atoms with van der Waals surface area (Å²) >= 11 is 0. The van der Waals surface area contributed by atoms with E-state index in [0.717, 1.165) is 18.5 Å². The molecule has 0 aliphatic carbocycles. The maximum Gasteiger partial charge on any atom is 0.255 e. The molecule has 5 nitrogen and oxygen atoms in total. The molecule has 2 amide bonds. The van der Waals surface area contributed by atoms with E-state index in [0.29, 0.717) is 29.8 Å². The van der Waals surface area contributed by atoms with Crippen LogP contribution in [0.25, 0.3) is 0 Å². The predicted molar refractivity (Wildman–Crippen MR) is 91.8 cm³/mol. The number of nitriles is 1. The van der Waals surface area contributed by atoms with Crippen molar-refractivity contribution >= 4 is 23.2 Å². The number of nitrogens with one attached hydrogen (secondary N) is 1. The van der Waals surface area contributed by atoms with E-state index in [1.54, 1.807) is 41.3 Å². The van der Waals surface area contributed by atoms with Gasteiger partial charge in [0.05, 0.1) is 11.6 Å². The maximum absolute atomic E-state index is 12.3. The molecule has 3 rings (SSSR count). The summed E-state index contributed by atoms with van der Waals surface area (Å²) < 4.78 is 0. The van der Waals surface area contributed by atoms with Crippen molar-refractivity contribution in [2.24, 2.45) is 0 Å². The van der Waals surface area contributed by atoms with E-state index in [1.807, 2.05) is 18.2 Å². The Hall–Kier alpha value is -3.13. The summed E-state index contributed by atoms with van der Waals surface area (Å²) in [7, 11) is 0. The first-order valence-electron chi connectivity index (χ1n) is 7.89. The minimum atomic E-state index is -0.283. The van der Waals surface area contributed by atoms with E-state index in [4.69, 9.17) is 5.26 Å². The molecule has 24 heavy (non-hydrogen) atoms. The van der Waals surface area contributed by atoms with Crippen LogP contribution in [-0.4, -0.2) is 18.4 Å². The van der Waals surface area contributed by atoms with Crippen molar-refractivity contribution in [1.82, 2.24) is 0 Å². The lowest BCUT2D eigenvalue weighted by molar-refractivity contribution is -0.119. The lowest BCUT2D eigenvalue weighted by atomic mass is 10.1. The van der Waals surface area contributed by atoms with Crippen molar-refractivity contribution in [2.45, 2.75) is 19.3 Å². The van der Waals surface area contributed by atoms with Crippen LogP contribution in [0.1, 0.15) is 35.2 Å². The van der Waals surface area contributed by atoms with Crippen molar-refractivity contribution in [1.29, 1.82) is 5.26 Å². The molecule has 0 radical (unpaired) electrons. The van der Waals surface area contributed by atoms with Gasteiger partial charge in [-0.15, -0.1) is 0 Å². The number of benzene rings is 2. The van der Waals surface area contributed by atoms with Gasteiger partial charge in [-0.25, -0.2) is 0 Å². The molecule has 0 unspecified atom stereocenters. The molecular weight excluding hydrogens is 302 g/mol. The van der Waals surface area contributed by atoms with Crippen LogP contribution in [0.5, 0.6) is 0 Å². The minimum Gasteiger partial charge on any atom is -0.322 e. The van der Waals surface area contributed by atoms with Gasteiger partial charge in [0.2, 0.25) is 5.91 Å². The molecule has 1 saturated heterocycles. The van der Waals surface area contributed by atoms with Gasteiger partial charge >= 0.3 is 0 Å². The zero-order valence-corrected chi connectivity index (χ0v) is 13.2. The predicted octanol–water partition coefficient (Wildman–Crippen LogP) is 3.33. The van der Waals surface area contributed by atoms with E-state index in [2.05, 4.69) is 5.32 Å². The van der Waals surface area contributed by atoms with Crippen LogP contribution in [0.2, 0.25) is 0 Å². The Balaban J connectivity index is 1.78. The summed E-state index contributed by atoms with van der Waals surface area (Å²) in [4.78, 5) is 26.1. The average Bonchev–Trinajstić information content (AvgIpc) is 2.62. The lowest BCUT2D eigenvalue weighted by Crippen LogP contribution is -2.35. The Kier molecular flexibility index (Phi) is 4.57. The molecule has 1 N–H and O–H groups in total. The van der Waals surface area contributed by atoms with E-state index in [-0.39, 0.29) is 11.8 Å². The average molecular weight is 319 g/mol. The molecule has 120 valence electrons. The zero-order valence-electron chi connectivity index (χ0n) is 13.2. The number of carbonyl (C=O) groups is 2. The third-order valence-electron chi connectivity index (χ3n) is 3.99. The fourth-order valence-corrected chi connectivity index (χ4v) is 2.76. The Labute approximate surface area is 140 Å². The lowest BCUT2D eigenvalue weighted by Gasteiger charge is -2.27. The Morgan fingerprint density at radius 2 is 1.96 bits per heavy atom. The molecule has 2 aromatic rings. The summed E-state index contributed by atoms with van der Waals surface area (Å²) in [5.41, 5.74) is 2.28. The normalized spacial score (nSPS) is 14.1. The standard InChI is InChI=1S/C19H17N3O2/c20-13-14-5-3-6-15(11-14)19(24)21-16-7-4-8-17(12-16)22-10-2-1-9-18(22)23/h3-8,11-12H,1-2,9-10H2,(H,21,24). The third kappa shape index (κ3) is 3.44. The number of nitrogens with zero attached hydrogens (tertiary/aromatic N) is 2. The first-order chi connectivity index (χ1) is 11.7. The number of rotatable bonds is 3. The van der Waals surface area contributed by atoms with E-state index < -0.39 is 0 Å². The number of hydrogen-bond donors (Lipinski definition) is 1. The van der Waals surface area contributed by atoms with Crippen LogP contribution < -0.4 is 10.2 Å². The van der Waals surface area contributed by atoms with Crippen molar-refractivity contribution in [3.63, 3.8) is 0 Å². The van der Waals surface area contributed by atoms with Gasteiger partial charge in [0.25, 0.3) is 5.91 Å². The second-order valence-electron chi connectivity index (χ2n) is 5.70. The van der Waals surface area contributed by atoms with E-state index in [1.165, 1.54) is 0 Å². The van der Waals surface area contributed by atoms with Gasteiger partial charge in [0, 0.05) is 29.9 Å². The van der Waals surface area contributed by atoms with Crippen LogP contribution >= 0.6 is 0 Å². The quantitative estimate of drug-likeness (QED) is 0.943. The molecule has 0 saturated carbocycles. The second kappa shape index (κ2) is 6.97. The van der Waals surface area contributed by atoms with Crippen molar-refractivity contribution in [3.8, 4) is 6.07 Å². The Morgan fingerprint density at radius 3 is 2.75 bits per heavy atom. The summed E-state index contributed by atoms with van der Waals surface area (Å²) in [6, 6.07) is 15.8. The molecule has 1 aliphatic rings. The van der Waals surface area contributed by atoms with Crippen LogP contribution in [-0.2, 0) is 4.79 Å². The fraction of sp³-hybridized carbons (Fsp3) is 0.211. The summed E-state index contributed by atoms with van der Waals surface area (Å²) in [5.74, 6) is -0.166. The van der Waals surface area contributed by atoms with Crippen molar-refractivity contribution in [3.05, 3.63) is 59.7 Å². The van der Waals surface area contributed by atoms with Crippen molar-refractivity contribution in [2.75, 3.05) is 16.8 Å². The Morgan fingerprint density at radius 1 is 1.12 bits per heavy atom. The number of anilines is 2. The number of amides is 2. The molecular formula is C19H17N3O2. The van der Waals surface area contributed by atoms with Crippen molar-refractivity contribution < 1.29 is 9.59 Å². The molecule has 0 bridgehead atoms. The van der Waals surface area contributed by atoms with Crippen LogP contribution in [0.3, 0.4) is 0 Å². The minimum absolute atomic E-state index is 0.117. The molecule has 5 heteroatoms. The van der Waals surface area contributed by atoms with Gasteiger partial charge in [0.1, 0.15) is 0 Å². The summed E-state index contributed by atoms with van der Waals surface area (Å²) in [6.45, 7) is 0.709. The molecule has 2 aromatic carbocycles. The van der Waals surface area contributed by atoms with E-state index in [9.17, 15) is 9.59 Å². The monoisotopic (exact) mass is 319 g/mol. The first-order valence-corrected chi connectivity index (χ1v) is 7.89. The van der Waals surface area contributed by atoms with E-state index >= 15 is 0 Å². The third-order valence-corrected chi connectivity index (χ3v) is 3.99. The molecule has 0 spiro atoms. The first kappa shape index (κ1) is 15.8. The Bertz CT molecular complexity index is 823. The molecule has 1 aliphatic heterocycles. The van der Waals surface area contributed by atoms with Gasteiger partial charge < -0.3 is 10.2 Å². The summed E-state index contributed by atoms with van der Waals surface area (Å²) in [6.07, 6.45) is 2.49. The highest BCUT2D eigenvalue weighted by Gasteiger charge is 2.19. The van der Waals surface area contributed by atoms with Crippen LogP contribution in [0.4, 0.5) is 11.4 Å². The molecule has 1 fully saturated rings. The second-order valence-corrected chi connectivity index (χ2v) is 5.70. The zero-order chi connectivity index (χ0) is 16.9. The number of piperidine rings is 1. The molecule has 0 aromatic heterocycles. The summed E-state index contributed by atoms with van der Waals surface area (Å²) in [5, 5.41) is 11.7. The van der Waals surface area contributed by atoms with Gasteiger partial charge in [-0.2, -0.15) is 5.26 Å². The van der Waals surface area contributed by atoms with Crippen LogP contribution in [0, 0.1) is 11.3 Å². The number of carbonyl (C=O) groups excluding carboxylic acids is 2. The highest BCUT2D eigenvalue weighted by molar-refractivity contribution is 6.05. The fourth-order valence-electron chi connectivity index (χ4n) is 2.76. The SMILES string of the molecule is N#Cc1cccc(C(=O)Nc2cccc(N3CCCCC3=O)c2)c1. The van der Waals surface area contributed by atoms with Gasteiger partial charge in [0.15, 0.2) is 0 Å². The highest BCUT2D eigenvalue weighted by Crippen LogP contribution is 2.24. The van der Waals surface area contributed by atoms with Gasteiger partial charge in [-0.05, 0) is 49.2 Å². The molecule has 1 heterocycles.